The molecule has 13 nitrogen and oxygen atoms in total. The van der Waals surface area contributed by atoms with Crippen LogP contribution in [0.4, 0.5) is 20.4 Å². The Morgan fingerprint density at radius 1 is 1.14 bits per heavy atom. The Bertz CT molecular complexity index is 1370. The summed E-state index contributed by atoms with van der Waals surface area (Å²) >= 11 is 2.63. The van der Waals surface area contributed by atoms with Crippen LogP contribution in [0.3, 0.4) is 0 Å². The van der Waals surface area contributed by atoms with Crippen molar-refractivity contribution in [2.24, 2.45) is 0 Å². The van der Waals surface area contributed by atoms with E-state index in [0.29, 0.717) is 11.5 Å². The van der Waals surface area contributed by atoms with Crippen LogP contribution in [0, 0.1) is 11.6 Å². The highest BCUT2D eigenvalue weighted by atomic mass is 32.5. The fourth-order valence-corrected chi connectivity index (χ4v) is 5.35. The molecular formula is C16H20BF2N6O7PS3. The highest BCUT2D eigenvalue weighted by molar-refractivity contribution is 8.32. The summed E-state index contributed by atoms with van der Waals surface area (Å²) in [5, 5.41) is 8.86. The van der Waals surface area contributed by atoms with Gasteiger partial charge in [-0.1, -0.05) is 0 Å². The van der Waals surface area contributed by atoms with Gasteiger partial charge in [0.25, 0.3) is 0 Å². The van der Waals surface area contributed by atoms with Crippen LogP contribution in [0.2, 0.25) is 0 Å². The Morgan fingerprint density at radius 2 is 1.61 bits per heavy atom. The van der Waals surface area contributed by atoms with Gasteiger partial charge < -0.3 is 30.2 Å². The van der Waals surface area contributed by atoms with Gasteiger partial charge in [0.05, 0.1) is 25.6 Å². The minimum absolute atomic E-state index is 0.109. The number of aliphatic hydroxyl groups is 1. The van der Waals surface area contributed by atoms with Gasteiger partial charge in [0.1, 0.15) is 24.6 Å². The van der Waals surface area contributed by atoms with Crippen molar-refractivity contribution in [1.29, 1.82) is 1.28 Å². The Labute approximate surface area is 216 Å². The molecule has 0 aliphatic carbocycles. The standard InChI is InChI=1S/C8H10BFN3O4PS2.C8H10FN3O3S/c9-20(15,18)16-2-6-17-5(3-19-6)13-1-4(10)7(11)12-8(13)14;9-4-1-12(8(14)11-7(4)10)5-3-16-6(2-13)15-5/h1,5-6,18H,2-3H2,(H2,11,12,14);1,5-6,13H,2-3H2,(H2,10,11,14)/i18T;. The number of hydrogen-bond donors (Lipinski definition) is 3. The third-order valence-electron chi connectivity index (χ3n) is 4.48. The summed E-state index contributed by atoms with van der Waals surface area (Å²) in [5.41, 5.74) is 8.04. The van der Waals surface area contributed by atoms with Crippen LogP contribution < -0.4 is 22.8 Å². The van der Waals surface area contributed by atoms with Crippen molar-refractivity contribution in [3.8, 4) is 0 Å². The molecule has 196 valence electrons. The zero-order chi connectivity index (χ0) is 27.3. The molecule has 2 radical (unpaired) electrons. The fourth-order valence-electron chi connectivity index (χ4n) is 2.84. The minimum Gasteiger partial charge on any atom is -0.393 e. The molecule has 0 aromatic carbocycles. The van der Waals surface area contributed by atoms with Gasteiger partial charge in [-0.25, -0.2) is 18.4 Å². The third-order valence-corrected chi connectivity index (χ3v) is 7.47. The third kappa shape index (κ3) is 7.64. The number of nitrogens with two attached hydrogens (primary N) is 2. The van der Waals surface area contributed by atoms with E-state index in [1.807, 2.05) is 0 Å². The van der Waals surface area contributed by atoms with Crippen LogP contribution in [-0.4, -0.2) is 72.4 Å². The van der Waals surface area contributed by atoms with Crippen molar-refractivity contribution in [2.75, 3.05) is 36.2 Å². The van der Waals surface area contributed by atoms with Crippen molar-refractivity contribution in [3.63, 3.8) is 0 Å². The Balaban J connectivity index is 0.000000213. The average molecular weight is 586 g/mol. The summed E-state index contributed by atoms with van der Waals surface area (Å²) in [4.78, 5) is 29.7. The van der Waals surface area contributed by atoms with E-state index in [1.54, 1.807) is 0 Å². The monoisotopic (exact) mass is 586 g/mol. The first-order chi connectivity index (χ1) is 17.4. The second kappa shape index (κ2) is 12.2. The predicted molar refractivity (Wildman–Crippen MR) is 134 cm³/mol. The van der Waals surface area contributed by atoms with Gasteiger partial charge in [-0.3, -0.25) is 13.3 Å². The molecule has 2 fully saturated rings. The number of aliphatic hydroxyl groups excluding tert-OH is 1. The summed E-state index contributed by atoms with van der Waals surface area (Å²) in [6.07, 6.45) is 0.543. The van der Waals surface area contributed by atoms with E-state index in [4.69, 9.17) is 38.6 Å². The lowest BCUT2D eigenvalue weighted by Gasteiger charge is -2.15. The molecule has 36 heavy (non-hydrogen) atoms. The number of nitrogens with zero attached hydrogens (tertiary/aromatic N) is 4. The summed E-state index contributed by atoms with van der Waals surface area (Å²) in [5.74, 6) is -1.68. The second-order valence-corrected chi connectivity index (χ2v) is 12.2. The molecular weight excluding hydrogens is 564 g/mol. The molecule has 0 spiro atoms. The first-order valence-corrected chi connectivity index (χ1v) is 14.5. The Kier molecular flexibility index (Phi) is 9.27. The lowest BCUT2D eigenvalue weighted by molar-refractivity contribution is -0.00677. The van der Waals surface area contributed by atoms with Crippen LogP contribution in [0.1, 0.15) is 12.5 Å². The number of halogens is 2. The van der Waals surface area contributed by atoms with E-state index in [1.165, 1.54) is 23.5 Å². The first-order valence-electron chi connectivity index (χ1n) is 10.2. The molecule has 5 N–H and O–H groups in total. The molecule has 5 atom stereocenters. The molecule has 0 amide bonds. The van der Waals surface area contributed by atoms with Gasteiger partial charge >= 0.3 is 11.4 Å². The predicted octanol–water partition coefficient (Wildman–Crippen LogP) is -0.545. The maximum atomic E-state index is 13.3. The summed E-state index contributed by atoms with van der Waals surface area (Å²) in [7, 11) is 1.72. The van der Waals surface area contributed by atoms with Crippen LogP contribution in [0.5, 0.6) is 0 Å². The molecule has 2 aromatic rings. The second-order valence-electron chi connectivity index (χ2n) is 7.02. The van der Waals surface area contributed by atoms with Gasteiger partial charge in [-0.2, -0.15) is 9.97 Å². The fraction of sp³-hybridized carbons (Fsp3) is 0.500. The van der Waals surface area contributed by atoms with Crippen LogP contribution in [-0.2, 0) is 22.9 Å². The largest absolute Gasteiger partial charge is 0.393 e. The Morgan fingerprint density at radius 3 is 2.06 bits per heavy atom. The molecule has 2 saturated heterocycles. The van der Waals surface area contributed by atoms with Crippen LogP contribution in [0.15, 0.2) is 22.0 Å². The van der Waals surface area contributed by atoms with Gasteiger partial charge in [0.15, 0.2) is 23.3 Å². The van der Waals surface area contributed by atoms with Gasteiger partial charge in [0.2, 0.25) is 7.12 Å². The number of rotatable bonds is 6. The molecule has 0 bridgehead atoms. The van der Waals surface area contributed by atoms with Crippen LogP contribution >= 0.6 is 31.5 Å². The molecule has 0 saturated carbocycles. The van der Waals surface area contributed by atoms with Gasteiger partial charge in [0, 0.05) is 20.7 Å². The highest BCUT2D eigenvalue weighted by Gasteiger charge is 2.30. The maximum absolute atomic E-state index is 13.3. The smallest absolute Gasteiger partial charge is 0.351 e. The summed E-state index contributed by atoms with van der Waals surface area (Å²) in [6, 6.07) is 0. The quantitative estimate of drug-likeness (QED) is 0.290. The highest BCUT2D eigenvalue weighted by Crippen LogP contribution is 2.32. The molecule has 20 heteroatoms. The normalized spacial score (nSPS) is 25.7. The van der Waals surface area contributed by atoms with Crippen molar-refractivity contribution < 1.29 is 31.8 Å². The van der Waals surface area contributed by atoms with Gasteiger partial charge in [-0.05, 0) is 7.96 Å². The summed E-state index contributed by atoms with van der Waals surface area (Å²) < 4.78 is 62.4. The van der Waals surface area contributed by atoms with Gasteiger partial charge in [-0.15, -0.1) is 23.5 Å². The minimum atomic E-state index is -3.17. The van der Waals surface area contributed by atoms with E-state index in [-0.39, 0.29) is 21.2 Å². The Hall–Kier alpha value is -1.73. The van der Waals surface area contributed by atoms with Crippen molar-refractivity contribution >= 4 is 59.5 Å². The molecule has 4 rings (SSSR count). The van der Waals surface area contributed by atoms with Crippen molar-refractivity contribution in [2.45, 2.75) is 23.3 Å². The zero-order valence-electron chi connectivity index (χ0n) is 19.1. The molecule has 2 aliphatic rings. The van der Waals surface area contributed by atoms with E-state index in [2.05, 4.69) is 9.97 Å². The molecule has 5 unspecified atom stereocenters. The first kappa shape index (κ1) is 27.3. The van der Waals surface area contributed by atoms with Crippen molar-refractivity contribution in [3.05, 3.63) is 45.0 Å². The number of nitrogen functional groups attached to an aromatic ring is 2. The van der Waals surface area contributed by atoms with Crippen molar-refractivity contribution in [1.82, 2.24) is 19.1 Å². The van der Waals surface area contributed by atoms with E-state index >= 15 is 0 Å². The zero-order valence-corrected chi connectivity index (χ0v) is 21.5. The van der Waals surface area contributed by atoms with Crippen LogP contribution in [0.25, 0.3) is 0 Å². The average Bonchev–Trinajstić information content (AvgIpc) is 3.53. The van der Waals surface area contributed by atoms with E-state index in [0.717, 1.165) is 21.5 Å². The van der Waals surface area contributed by atoms with E-state index in [9.17, 15) is 22.6 Å². The SMILES string of the molecule is Nc1nc(=O)n(C2CSC(CO)O2)cc1F.[3H]P=S([B])(=O)OCC1OC(n2cc(F)c(N)nc2=O)CS1. The lowest BCUT2D eigenvalue weighted by atomic mass is 10.5. The summed E-state index contributed by atoms with van der Waals surface area (Å²) in [6.45, 7) is -0.261. The molecule has 2 aliphatic heterocycles. The topological polar surface area (TPSA) is 187 Å². The van der Waals surface area contributed by atoms with E-state index < -0.39 is 67.2 Å². The number of ether oxygens (including phenoxy) is 2. The molecule has 2 aromatic heterocycles. The lowest BCUT2D eigenvalue weighted by Crippen LogP contribution is -2.30. The maximum Gasteiger partial charge on any atom is 0.351 e. The number of thioether (sulfide) groups is 2. The number of aromatic nitrogens is 4. The number of anilines is 2. The molecule has 4 heterocycles. The number of hydrogen-bond acceptors (Lipinski definition) is 13.